The molecule has 0 atom stereocenters. The highest BCUT2D eigenvalue weighted by molar-refractivity contribution is 9.10. The van der Waals surface area contributed by atoms with Gasteiger partial charge in [-0.05, 0) is 28.8 Å². The molecule has 106 valence electrons. The highest BCUT2D eigenvalue weighted by Crippen LogP contribution is 2.27. The lowest BCUT2D eigenvalue weighted by Crippen LogP contribution is -2.16. The number of anilines is 1. The standard InChI is InChI=1S/C15H13BrN4O/c16-13-3-4-20-14(6-13)17-15(18-20)19-7-11-2-1-10(9-21)5-12(11)8-19/h1-6,21H,7-9H2. The molecule has 0 saturated carbocycles. The summed E-state index contributed by atoms with van der Waals surface area (Å²) in [4.78, 5) is 6.73. The van der Waals surface area contributed by atoms with E-state index in [-0.39, 0.29) is 6.61 Å². The molecule has 0 aliphatic carbocycles. The van der Waals surface area contributed by atoms with Crippen molar-refractivity contribution in [3.05, 3.63) is 57.7 Å². The highest BCUT2D eigenvalue weighted by atomic mass is 79.9. The summed E-state index contributed by atoms with van der Waals surface area (Å²) in [6.07, 6.45) is 1.89. The van der Waals surface area contributed by atoms with Crippen LogP contribution >= 0.6 is 15.9 Å². The van der Waals surface area contributed by atoms with Gasteiger partial charge in [0.05, 0.1) is 6.61 Å². The van der Waals surface area contributed by atoms with E-state index in [1.807, 2.05) is 24.4 Å². The average molecular weight is 345 g/mol. The molecule has 3 aromatic rings. The first-order chi connectivity index (χ1) is 10.2. The molecule has 5 nitrogen and oxygen atoms in total. The maximum Gasteiger partial charge on any atom is 0.246 e. The van der Waals surface area contributed by atoms with Gasteiger partial charge >= 0.3 is 0 Å². The van der Waals surface area contributed by atoms with Gasteiger partial charge in [-0.3, -0.25) is 0 Å². The molecule has 0 spiro atoms. The zero-order chi connectivity index (χ0) is 14.4. The molecule has 6 heteroatoms. The number of aliphatic hydroxyl groups is 1. The molecule has 1 aromatic carbocycles. The molecule has 1 aliphatic rings. The molecule has 2 aromatic heterocycles. The lowest BCUT2D eigenvalue weighted by molar-refractivity contribution is 0.281. The van der Waals surface area contributed by atoms with Gasteiger partial charge in [-0.1, -0.05) is 34.1 Å². The van der Waals surface area contributed by atoms with E-state index in [0.717, 1.165) is 34.7 Å². The number of aliphatic hydroxyl groups excluding tert-OH is 1. The van der Waals surface area contributed by atoms with Gasteiger partial charge < -0.3 is 10.0 Å². The van der Waals surface area contributed by atoms with Crippen LogP contribution in [0.4, 0.5) is 5.95 Å². The first-order valence-corrected chi connectivity index (χ1v) is 7.50. The first kappa shape index (κ1) is 12.8. The van der Waals surface area contributed by atoms with Gasteiger partial charge in [0.25, 0.3) is 0 Å². The second kappa shape index (κ2) is 4.82. The summed E-state index contributed by atoms with van der Waals surface area (Å²) in [7, 11) is 0. The minimum absolute atomic E-state index is 0.0773. The Balaban J connectivity index is 1.68. The second-order valence-electron chi connectivity index (χ2n) is 5.18. The van der Waals surface area contributed by atoms with Crippen molar-refractivity contribution >= 4 is 27.5 Å². The Morgan fingerprint density at radius 2 is 2.00 bits per heavy atom. The number of nitrogens with zero attached hydrogens (tertiary/aromatic N) is 4. The predicted octanol–water partition coefficient (Wildman–Crippen LogP) is 2.50. The third-order valence-corrected chi connectivity index (χ3v) is 4.24. The van der Waals surface area contributed by atoms with Crippen LogP contribution in [-0.4, -0.2) is 19.7 Å². The summed E-state index contributed by atoms with van der Waals surface area (Å²) < 4.78 is 2.77. The van der Waals surface area contributed by atoms with Crippen LogP contribution in [0.25, 0.3) is 5.65 Å². The highest BCUT2D eigenvalue weighted by Gasteiger charge is 2.22. The fourth-order valence-corrected chi connectivity index (χ4v) is 2.99. The van der Waals surface area contributed by atoms with Gasteiger partial charge in [0.2, 0.25) is 5.95 Å². The van der Waals surface area contributed by atoms with Crippen molar-refractivity contribution in [2.24, 2.45) is 0 Å². The molecule has 0 bridgehead atoms. The first-order valence-electron chi connectivity index (χ1n) is 6.71. The molecule has 1 N–H and O–H groups in total. The lowest BCUT2D eigenvalue weighted by atomic mass is 10.1. The number of hydrogen-bond acceptors (Lipinski definition) is 4. The monoisotopic (exact) mass is 344 g/mol. The summed E-state index contributed by atoms with van der Waals surface area (Å²) >= 11 is 3.45. The van der Waals surface area contributed by atoms with E-state index in [9.17, 15) is 5.11 Å². The maximum absolute atomic E-state index is 9.23. The third kappa shape index (κ3) is 2.20. The number of aromatic nitrogens is 3. The number of hydrogen-bond donors (Lipinski definition) is 1. The zero-order valence-corrected chi connectivity index (χ0v) is 12.8. The van der Waals surface area contributed by atoms with Crippen LogP contribution in [0.2, 0.25) is 0 Å². The van der Waals surface area contributed by atoms with Gasteiger partial charge in [-0.25, -0.2) is 4.52 Å². The molecule has 4 rings (SSSR count). The van der Waals surface area contributed by atoms with Gasteiger partial charge in [-0.15, -0.1) is 5.10 Å². The Labute approximate surface area is 130 Å². The van der Waals surface area contributed by atoms with E-state index >= 15 is 0 Å². The molecule has 0 saturated heterocycles. The normalized spacial score (nSPS) is 13.9. The van der Waals surface area contributed by atoms with Crippen LogP contribution in [-0.2, 0) is 19.7 Å². The van der Waals surface area contributed by atoms with E-state index in [1.54, 1.807) is 4.52 Å². The maximum atomic E-state index is 9.23. The molecular formula is C15H13BrN4O. The van der Waals surface area contributed by atoms with Gasteiger partial charge in [0, 0.05) is 23.8 Å². The molecule has 0 amide bonds. The average Bonchev–Trinajstić information content (AvgIpc) is 3.08. The summed E-state index contributed by atoms with van der Waals surface area (Å²) in [5.41, 5.74) is 4.28. The van der Waals surface area contributed by atoms with Crippen LogP contribution in [0, 0.1) is 0 Å². The molecule has 21 heavy (non-hydrogen) atoms. The largest absolute Gasteiger partial charge is 0.392 e. The predicted molar refractivity (Wildman–Crippen MR) is 82.9 cm³/mol. The fourth-order valence-electron chi connectivity index (χ4n) is 2.67. The van der Waals surface area contributed by atoms with E-state index in [0.29, 0.717) is 0 Å². The Morgan fingerprint density at radius 1 is 1.14 bits per heavy atom. The van der Waals surface area contributed by atoms with Crippen LogP contribution in [0.1, 0.15) is 16.7 Å². The Hall–Kier alpha value is -1.92. The fraction of sp³-hybridized carbons (Fsp3) is 0.200. The van der Waals surface area contributed by atoms with Crippen LogP contribution in [0.15, 0.2) is 41.0 Å². The molecule has 3 heterocycles. The second-order valence-corrected chi connectivity index (χ2v) is 6.09. The smallest absolute Gasteiger partial charge is 0.246 e. The van der Waals surface area contributed by atoms with Crippen molar-refractivity contribution in [3.8, 4) is 0 Å². The van der Waals surface area contributed by atoms with Crippen molar-refractivity contribution in [1.82, 2.24) is 14.6 Å². The number of pyridine rings is 1. The summed E-state index contributed by atoms with van der Waals surface area (Å²) in [5, 5.41) is 13.7. The quantitative estimate of drug-likeness (QED) is 0.776. The van der Waals surface area contributed by atoms with Gasteiger partial charge in [0.15, 0.2) is 5.65 Å². The lowest BCUT2D eigenvalue weighted by Gasteiger charge is -2.11. The van der Waals surface area contributed by atoms with Crippen LogP contribution < -0.4 is 4.90 Å². The van der Waals surface area contributed by atoms with Crippen molar-refractivity contribution < 1.29 is 5.11 Å². The van der Waals surface area contributed by atoms with E-state index < -0.39 is 0 Å². The van der Waals surface area contributed by atoms with Gasteiger partial charge in [-0.2, -0.15) is 4.98 Å². The minimum atomic E-state index is 0.0773. The van der Waals surface area contributed by atoms with Crippen molar-refractivity contribution in [3.63, 3.8) is 0 Å². The third-order valence-electron chi connectivity index (χ3n) is 3.75. The summed E-state index contributed by atoms with van der Waals surface area (Å²) in [6, 6.07) is 9.99. The Morgan fingerprint density at radius 3 is 2.86 bits per heavy atom. The van der Waals surface area contributed by atoms with Crippen molar-refractivity contribution in [2.75, 3.05) is 4.90 Å². The van der Waals surface area contributed by atoms with E-state index in [4.69, 9.17) is 0 Å². The van der Waals surface area contributed by atoms with Crippen molar-refractivity contribution in [2.45, 2.75) is 19.7 Å². The van der Waals surface area contributed by atoms with Crippen molar-refractivity contribution in [1.29, 1.82) is 0 Å². The summed E-state index contributed by atoms with van der Waals surface area (Å²) in [6.45, 7) is 1.66. The topological polar surface area (TPSA) is 53.7 Å². The van der Waals surface area contributed by atoms with Crippen LogP contribution in [0.3, 0.4) is 0 Å². The number of rotatable bonds is 2. The SMILES string of the molecule is OCc1ccc2c(c1)CN(c1nc3cc(Br)ccn3n1)C2. The minimum Gasteiger partial charge on any atom is -0.392 e. The molecule has 0 fully saturated rings. The molecular weight excluding hydrogens is 332 g/mol. The zero-order valence-electron chi connectivity index (χ0n) is 11.2. The summed E-state index contributed by atoms with van der Waals surface area (Å²) in [5.74, 6) is 0.731. The van der Waals surface area contributed by atoms with E-state index in [2.05, 4.69) is 43.0 Å². The number of halogens is 1. The van der Waals surface area contributed by atoms with Crippen LogP contribution in [0.5, 0.6) is 0 Å². The number of benzene rings is 1. The van der Waals surface area contributed by atoms with Gasteiger partial charge in [0.1, 0.15) is 0 Å². The number of fused-ring (bicyclic) bond motifs is 2. The Kier molecular flexibility index (Phi) is 2.94. The molecule has 1 aliphatic heterocycles. The van der Waals surface area contributed by atoms with E-state index in [1.165, 1.54) is 11.1 Å². The Bertz CT molecular complexity index is 830. The molecule has 0 radical (unpaired) electrons. The molecule has 0 unspecified atom stereocenters.